The Balaban J connectivity index is 2.13. The van der Waals surface area contributed by atoms with E-state index in [0.717, 1.165) is 6.42 Å². The molecule has 0 heterocycles. The quantitative estimate of drug-likeness (QED) is 0.705. The van der Waals surface area contributed by atoms with Crippen LogP contribution in [0, 0.1) is 0 Å². The van der Waals surface area contributed by atoms with Gasteiger partial charge in [0.2, 0.25) is 0 Å². The zero-order valence-corrected chi connectivity index (χ0v) is 13.3. The lowest BCUT2D eigenvalue weighted by Crippen LogP contribution is -2.43. The van der Waals surface area contributed by atoms with Crippen LogP contribution in [-0.2, 0) is 12.8 Å². The molecule has 1 heteroatoms. The molecule has 0 fully saturated rings. The molecule has 0 bridgehead atoms. The second kappa shape index (κ2) is 6.20. The van der Waals surface area contributed by atoms with E-state index < -0.39 is 8.07 Å². The maximum atomic E-state index is 2.50. The Labute approximate surface area is 118 Å². The highest BCUT2D eigenvalue weighted by Crippen LogP contribution is 2.16. The Morgan fingerprint density at radius 2 is 1.47 bits per heavy atom. The lowest BCUT2D eigenvalue weighted by Gasteiger charge is -2.25. The number of benzene rings is 2. The van der Waals surface area contributed by atoms with Crippen molar-refractivity contribution in [3.63, 3.8) is 0 Å². The van der Waals surface area contributed by atoms with Gasteiger partial charge in [-0.3, -0.25) is 0 Å². The predicted octanol–water partition coefficient (Wildman–Crippen LogP) is 4.41. The van der Waals surface area contributed by atoms with Crippen molar-refractivity contribution in [2.45, 2.75) is 38.9 Å². The Morgan fingerprint density at radius 3 is 2.16 bits per heavy atom. The monoisotopic (exact) mass is 268 g/mol. The molecule has 0 N–H and O–H groups in total. The second-order valence-corrected chi connectivity index (χ2v) is 10.7. The molecule has 19 heavy (non-hydrogen) atoms. The van der Waals surface area contributed by atoms with E-state index in [1.165, 1.54) is 18.0 Å². The van der Waals surface area contributed by atoms with Crippen LogP contribution in [0.1, 0.15) is 18.1 Å². The van der Waals surface area contributed by atoms with Crippen molar-refractivity contribution >= 4 is 13.3 Å². The molecular weight excluding hydrogens is 244 g/mol. The molecule has 0 unspecified atom stereocenters. The number of rotatable bonds is 5. The average Bonchev–Trinajstić information content (AvgIpc) is 2.46. The van der Waals surface area contributed by atoms with E-state index in [1.54, 1.807) is 10.8 Å². The van der Waals surface area contributed by atoms with E-state index >= 15 is 0 Å². The van der Waals surface area contributed by atoms with Gasteiger partial charge in [0.25, 0.3) is 0 Å². The first-order valence-corrected chi connectivity index (χ1v) is 10.5. The Morgan fingerprint density at radius 1 is 0.842 bits per heavy atom. The van der Waals surface area contributed by atoms with Crippen LogP contribution in [0.5, 0.6) is 0 Å². The van der Waals surface area contributed by atoms with Crippen molar-refractivity contribution in [1.82, 2.24) is 0 Å². The largest absolute Gasteiger partial charge is 0.0813 e. The normalized spacial score (nSPS) is 11.5. The molecule has 0 amide bonds. The molecule has 0 aliphatic carbocycles. The summed E-state index contributed by atoms with van der Waals surface area (Å²) in [5.74, 6) is 0. The fourth-order valence-corrected chi connectivity index (χ4v) is 5.58. The van der Waals surface area contributed by atoms with Gasteiger partial charge in [-0.15, -0.1) is 0 Å². The molecule has 0 saturated carbocycles. The summed E-state index contributed by atoms with van der Waals surface area (Å²) in [4.78, 5) is 0. The number of hydrogen-bond acceptors (Lipinski definition) is 0. The van der Waals surface area contributed by atoms with Crippen LogP contribution in [-0.4, -0.2) is 8.07 Å². The maximum absolute atomic E-state index is 2.50. The van der Waals surface area contributed by atoms with Crippen LogP contribution < -0.4 is 5.19 Å². The van der Waals surface area contributed by atoms with Gasteiger partial charge >= 0.3 is 0 Å². The zero-order valence-electron chi connectivity index (χ0n) is 12.3. The van der Waals surface area contributed by atoms with E-state index in [2.05, 4.69) is 74.6 Å². The van der Waals surface area contributed by atoms with Gasteiger partial charge < -0.3 is 0 Å². The molecule has 0 nitrogen and oxygen atoms in total. The molecule has 0 radical (unpaired) electrons. The molecule has 2 rings (SSSR count). The molecule has 0 aliphatic heterocycles. The predicted molar refractivity (Wildman–Crippen MR) is 87.9 cm³/mol. The Hall–Kier alpha value is -1.34. The van der Waals surface area contributed by atoms with Crippen LogP contribution >= 0.6 is 0 Å². The van der Waals surface area contributed by atoms with Crippen molar-refractivity contribution in [2.24, 2.45) is 0 Å². The number of hydrogen-bond donors (Lipinski definition) is 0. The van der Waals surface area contributed by atoms with Crippen molar-refractivity contribution in [2.75, 3.05) is 0 Å². The van der Waals surface area contributed by atoms with Crippen molar-refractivity contribution in [3.8, 4) is 0 Å². The van der Waals surface area contributed by atoms with Gasteiger partial charge in [-0.1, -0.05) is 79.8 Å². The van der Waals surface area contributed by atoms with Crippen LogP contribution in [0.4, 0.5) is 0 Å². The summed E-state index contributed by atoms with van der Waals surface area (Å²) in [7, 11) is -1.33. The van der Waals surface area contributed by atoms with Gasteiger partial charge in [0.05, 0.1) is 8.07 Å². The smallest absolute Gasteiger partial charge is 0.0654 e. The molecule has 0 saturated heterocycles. The summed E-state index contributed by atoms with van der Waals surface area (Å²) in [6.45, 7) is 7.27. The fraction of sp³-hybridized carbons (Fsp3) is 0.333. The van der Waals surface area contributed by atoms with E-state index in [0.29, 0.717) is 0 Å². The maximum Gasteiger partial charge on any atom is 0.0813 e. The van der Waals surface area contributed by atoms with Crippen molar-refractivity contribution in [1.29, 1.82) is 0 Å². The number of aryl methyl sites for hydroxylation is 2. The molecule has 2 aromatic rings. The Bertz CT molecular complexity index is 514. The average molecular weight is 268 g/mol. The third-order valence-corrected chi connectivity index (χ3v) is 7.45. The summed E-state index contributed by atoms with van der Waals surface area (Å²) in [5, 5.41) is 1.65. The zero-order chi connectivity index (χ0) is 13.7. The highest BCUT2D eigenvalue weighted by molar-refractivity contribution is 6.90. The highest BCUT2D eigenvalue weighted by atomic mass is 28.3. The SMILES string of the molecule is CCc1ccccc1[Si](C)(C)CCc1ccccc1. The molecule has 100 valence electrons. The highest BCUT2D eigenvalue weighted by Gasteiger charge is 2.24. The molecular formula is C18H24Si. The van der Waals surface area contributed by atoms with E-state index in [-0.39, 0.29) is 0 Å². The van der Waals surface area contributed by atoms with Crippen molar-refractivity contribution in [3.05, 3.63) is 65.7 Å². The van der Waals surface area contributed by atoms with Crippen LogP contribution in [0.25, 0.3) is 0 Å². The second-order valence-electron chi connectivity index (χ2n) is 5.88. The standard InChI is InChI=1S/C18H24Si/c1-4-17-12-8-9-13-18(17)19(2,3)15-14-16-10-6-5-7-11-16/h5-13H,4,14-15H2,1-3H3. The van der Waals surface area contributed by atoms with Crippen LogP contribution in [0.15, 0.2) is 54.6 Å². The summed E-state index contributed by atoms with van der Waals surface area (Å²) < 4.78 is 0. The first-order chi connectivity index (χ1) is 9.13. The van der Waals surface area contributed by atoms with Gasteiger partial charge in [-0.25, -0.2) is 0 Å². The van der Waals surface area contributed by atoms with Gasteiger partial charge in [0, 0.05) is 0 Å². The van der Waals surface area contributed by atoms with Crippen LogP contribution in [0.2, 0.25) is 19.1 Å². The van der Waals surface area contributed by atoms with Gasteiger partial charge in [0.1, 0.15) is 0 Å². The lowest BCUT2D eigenvalue weighted by molar-refractivity contribution is 1.09. The van der Waals surface area contributed by atoms with Gasteiger partial charge in [-0.05, 0) is 30.0 Å². The van der Waals surface area contributed by atoms with E-state index in [9.17, 15) is 0 Å². The summed E-state index contributed by atoms with van der Waals surface area (Å²) in [6, 6.07) is 21.2. The topological polar surface area (TPSA) is 0 Å². The van der Waals surface area contributed by atoms with Gasteiger partial charge in [-0.2, -0.15) is 0 Å². The lowest BCUT2D eigenvalue weighted by atomic mass is 10.2. The minimum Gasteiger partial charge on any atom is -0.0654 e. The van der Waals surface area contributed by atoms with Crippen molar-refractivity contribution < 1.29 is 0 Å². The van der Waals surface area contributed by atoms with Crippen LogP contribution in [0.3, 0.4) is 0 Å². The molecule has 0 atom stereocenters. The molecule has 0 aromatic heterocycles. The molecule has 0 spiro atoms. The molecule has 2 aromatic carbocycles. The van der Waals surface area contributed by atoms with E-state index in [1.807, 2.05) is 0 Å². The van der Waals surface area contributed by atoms with Gasteiger partial charge in [0.15, 0.2) is 0 Å². The first-order valence-electron chi connectivity index (χ1n) is 7.26. The Kier molecular flexibility index (Phi) is 4.59. The third kappa shape index (κ3) is 3.57. The minimum absolute atomic E-state index is 1.15. The first kappa shape index (κ1) is 14.1. The summed E-state index contributed by atoms with van der Waals surface area (Å²) in [5.41, 5.74) is 3.02. The fourth-order valence-electron chi connectivity index (χ4n) is 2.73. The summed E-state index contributed by atoms with van der Waals surface area (Å²) in [6.07, 6.45) is 2.36. The third-order valence-electron chi connectivity index (χ3n) is 4.01. The molecule has 0 aliphatic rings. The minimum atomic E-state index is -1.33. The summed E-state index contributed by atoms with van der Waals surface area (Å²) >= 11 is 0. The van der Waals surface area contributed by atoms with E-state index in [4.69, 9.17) is 0 Å².